The van der Waals surface area contributed by atoms with Gasteiger partial charge in [-0.05, 0) is 197 Å². The van der Waals surface area contributed by atoms with E-state index in [0.717, 1.165) is 61.3 Å². The summed E-state index contributed by atoms with van der Waals surface area (Å²) < 4.78 is 13.7. The molecule has 0 bridgehead atoms. The second-order valence-electron chi connectivity index (χ2n) is 25.4. The molecule has 0 saturated carbocycles. The van der Waals surface area contributed by atoms with Crippen LogP contribution in [0, 0.1) is 6.92 Å². The van der Waals surface area contributed by atoms with Gasteiger partial charge in [-0.1, -0.05) is 214 Å². The first-order valence-corrected chi connectivity index (χ1v) is 30.6. The molecular formula is C84H53NO2. The van der Waals surface area contributed by atoms with Crippen molar-refractivity contribution in [3.05, 3.63) is 328 Å². The summed E-state index contributed by atoms with van der Waals surface area (Å²) in [4.78, 5) is 2.50. The molecule has 0 aliphatic heterocycles. The van der Waals surface area contributed by atoms with Gasteiger partial charge in [-0.2, -0.15) is 0 Å². The lowest BCUT2D eigenvalue weighted by Crippen LogP contribution is -2.27. The normalized spacial score (nSPS) is 14.9. The number of hydrogen-bond acceptors (Lipinski definition) is 3. The van der Waals surface area contributed by atoms with Gasteiger partial charge in [0.15, 0.2) is 0 Å². The van der Waals surface area contributed by atoms with Crippen LogP contribution in [0.2, 0.25) is 0 Å². The minimum atomic E-state index is -0.658. The maximum absolute atomic E-state index is 6.91. The molecule has 406 valence electrons. The summed E-state index contributed by atoms with van der Waals surface area (Å²) in [5.74, 6) is 0. The molecule has 0 fully saturated rings. The van der Waals surface area contributed by atoms with Gasteiger partial charge in [-0.3, -0.25) is 0 Å². The minimum Gasteiger partial charge on any atom is -0.456 e. The van der Waals surface area contributed by atoms with E-state index in [1.165, 1.54) is 128 Å². The lowest BCUT2D eigenvalue weighted by Gasteiger charge is -2.33. The third kappa shape index (κ3) is 5.78. The van der Waals surface area contributed by atoms with Gasteiger partial charge in [0.2, 0.25) is 0 Å². The van der Waals surface area contributed by atoms with E-state index in [4.69, 9.17) is 8.83 Å². The Morgan fingerprint density at radius 1 is 0.287 bits per heavy atom. The quantitative estimate of drug-likeness (QED) is 0.176. The van der Waals surface area contributed by atoms with Crippen LogP contribution < -0.4 is 4.90 Å². The molecule has 0 atom stereocenters. The van der Waals surface area contributed by atoms with Crippen molar-refractivity contribution in [1.29, 1.82) is 0 Å². The average molecular weight is 1110 g/mol. The van der Waals surface area contributed by atoms with E-state index in [-0.39, 0.29) is 5.41 Å². The van der Waals surface area contributed by atoms with Crippen molar-refractivity contribution in [2.75, 3.05) is 4.90 Å². The lowest BCUT2D eigenvalue weighted by molar-refractivity contribution is 0.657. The van der Waals surface area contributed by atoms with E-state index >= 15 is 0 Å². The topological polar surface area (TPSA) is 29.5 Å². The fraction of sp³-hybridized carbons (Fsp3) is 0.0714. The van der Waals surface area contributed by atoms with E-state index in [1.54, 1.807) is 0 Å². The third-order valence-corrected chi connectivity index (χ3v) is 20.9. The van der Waals surface area contributed by atoms with E-state index in [9.17, 15) is 0 Å². The SMILES string of the molecule is Cc1ccc(-c2cc3c(c4c2oc2ccccc24)-c2ccc(N(c4ccccc4)c4ccc5c(c4)C4(c6ccccc6-c6ccccc64)c4cc6c(cc4-5)C4(c5ccccc5-c5ccccc54)c4ccc5oc7ccccc7c5c4-6)cc2C3(C)C)cc1. The highest BCUT2D eigenvalue weighted by Crippen LogP contribution is 2.69. The molecule has 20 rings (SSSR count). The second kappa shape index (κ2) is 16.6. The molecule has 0 radical (unpaired) electrons. The molecule has 5 aliphatic carbocycles. The number of nitrogens with zero attached hydrogens (tertiary/aromatic N) is 1. The van der Waals surface area contributed by atoms with Gasteiger partial charge in [-0.15, -0.1) is 0 Å². The number of aryl methyl sites for hydroxylation is 1. The number of anilines is 3. The first-order valence-electron chi connectivity index (χ1n) is 30.6. The van der Waals surface area contributed by atoms with Crippen molar-refractivity contribution in [3.8, 4) is 66.8 Å². The van der Waals surface area contributed by atoms with Crippen LogP contribution in [0.1, 0.15) is 75.0 Å². The molecular weight excluding hydrogens is 1050 g/mol. The zero-order chi connectivity index (χ0) is 57.2. The van der Waals surface area contributed by atoms with Gasteiger partial charge in [0, 0.05) is 49.6 Å². The maximum atomic E-state index is 6.91. The third-order valence-electron chi connectivity index (χ3n) is 20.9. The smallest absolute Gasteiger partial charge is 0.143 e. The zero-order valence-electron chi connectivity index (χ0n) is 48.2. The summed E-state index contributed by atoms with van der Waals surface area (Å²) in [6.07, 6.45) is 0. The molecule has 0 N–H and O–H groups in total. The molecule has 2 heterocycles. The Morgan fingerprint density at radius 3 is 1.40 bits per heavy atom. The Hall–Kier alpha value is -10.7. The Morgan fingerprint density at radius 2 is 0.759 bits per heavy atom. The van der Waals surface area contributed by atoms with Crippen LogP contribution in [-0.2, 0) is 16.2 Å². The average Bonchev–Trinajstić information content (AvgIpc) is 1.50. The van der Waals surface area contributed by atoms with E-state index < -0.39 is 10.8 Å². The second-order valence-corrected chi connectivity index (χ2v) is 25.4. The van der Waals surface area contributed by atoms with Crippen molar-refractivity contribution in [2.24, 2.45) is 0 Å². The fourth-order valence-corrected chi connectivity index (χ4v) is 17.4. The molecule has 3 nitrogen and oxygen atoms in total. The molecule has 3 heteroatoms. The van der Waals surface area contributed by atoms with Crippen LogP contribution in [0.25, 0.3) is 111 Å². The lowest BCUT2D eigenvalue weighted by atomic mass is 9.68. The van der Waals surface area contributed by atoms with E-state index in [2.05, 4.69) is 293 Å². The minimum absolute atomic E-state index is 0.346. The van der Waals surface area contributed by atoms with E-state index in [0.29, 0.717) is 0 Å². The van der Waals surface area contributed by atoms with Crippen LogP contribution in [0.3, 0.4) is 0 Å². The zero-order valence-corrected chi connectivity index (χ0v) is 48.2. The van der Waals surface area contributed by atoms with Crippen LogP contribution in [0.5, 0.6) is 0 Å². The van der Waals surface area contributed by atoms with Gasteiger partial charge in [0.1, 0.15) is 22.3 Å². The molecule has 2 spiro atoms. The van der Waals surface area contributed by atoms with Crippen LogP contribution in [-0.4, -0.2) is 0 Å². The monoisotopic (exact) mass is 1110 g/mol. The fourth-order valence-electron chi connectivity index (χ4n) is 17.4. The first kappa shape index (κ1) is 47.6. The van der Waals surface area contributed by atoms with Crippen LogP contribution in [0.15, 0.2) is 276 Å². The molecule has 0 saturated heterocycles. The summed E-state index contributed by atoms with van der Waals surface area (Å²) >= 11 is 0. The molecule has 0 amide bonds. The highest BCUT2D eigenvalue weighted by Gasteiger charge is 2.57. The van der Waals surface area contributed by atoms with Gasteiger partial charge in [0.25, 0.3) is 0 Å². The predicted molar refractivity (Wildman–Crippen MR) is 356 cm³/mol. The van der Waals surface area contributed by atoms with Gasteiger partial charge in [0.05, 0.1) is 10.8 Å². The number of rotatable bonds is 4. The molecule has 87 heavy (non-hydrogen) atoms. The molecule has 15 aromatic rings. The number of para-hydroxylation sites is 3. The standard InChI is InChI=1S/C84H53NO2/c1-48-33-35-49(36-34-48)61-45-73-77(80-60-26-12-18-32-75(60)87-81(61)80)58-40-38-51(43-69(58)82(73,2)3)85(50-19-5-4-6-20-50)52-37-39-57-62-46-72-63(47-71(62)84(70(57)44-52)66-29-15-9-23-55(66)56-24-10-16-30-67(56)84)78-68(41-42-76-79(78)59-25-11-17-31-74(59)86-76)83(72)64-27-13-7-21-53(64)54-22-8-14-28-65(54)83/h4-47H,1-3H3. The van der Waals surface area contributed by atoms with Crippen molar-refractivity contribution >= 4 is 60.9 Å². The highest BCUT2D eigenvalue weighted by molar-refractivity contribution is 6.20. The summed E-state index contributed by atoms with van der Waals surface area (Å²) in [7, 11) is 0. The Balaban J connectivity index is 0.846. The molecule has 0 unspecified atom stereocenters. The van der Waals surface area contributed by atoms with Gasteiger partial charge in [-0.25, -0.2) is 0 Å². The first-order chi connectivity index (χ1) is 42.8. The highest BCUT2D eigenvalue weighted by atomic mass is 16.3. The summed E-state index contributed by atoms with van der Waals surface area (Å²) in [5.41, 5.74) is 34.7. The van der Waals surface area contributed by atoms with Crippen LogP contribution in [0.4, 0.5) is 17.1 Å². The maximum Gasteiger partial charge on any atom is 0.143 e. The van der Waals surface area contributed by atoms with Crippen molar-refractivity contribution in [3.63, 3.8) is 0 Å². The Kier molecular flexibility index (Phi) is 9.07. The molecule has 5 aliphatic rings. The Labute approximate surface area is 503 Å². The number of hydrogen-bond donors (Lipinski definition) is 0. The molecule has 2 aromatic heterocycles. The Bertz CT molecular complexity index is 5480. The number of benzene rings is 13. The van der Waals surface area contributed by atoms with Crippen molar-refractivity contribution in [1.82, 2.24) is 0 Å². The predicted octanol–water partition coefficient (Wildman–Crippen LogP) is 21.9. The largest absolute Gasteiger partial charge is 0.456 e. The van der Waals surface area contributed by atoms with Crippen LogP contribution >= 0.6 is 0 Å². The summed E-state index contributed by atoms with van der Waals surface area (Å²) in [5, 5.41) is 4.64. The van der Waals surface area contributed by atoms with Crippen molar-refractivity contribution in [2.45, 2.75) is 37.0 Å². The number of furan rings is 2. The van der Waals surface area contributed by atoms with Gasteiger partial charge >= 0.3 is 0 Å². The summed E-state index contributed by atoms with van der Waals surface area (Å²) in [6.45, 7) is 6.98. The molecule has 13 aromatic carbocycles. The summed E-state index contributed by atoms with van der Waals surface area (Å²) in [6, 6.07) is 101. The van der Waals surface area contributed by atoms with Gasteiger partial charge < -0.3 is 13.7 Å². The number of fused-ring (bicyclic) bond motifs is 31. The van der Waals surface area contributed by atoms with E-state index in [1.807, 2.05) is 0 Å². The van der Waals surface area contributed by atoms with Crippen molar-refractivity contribution < 1.29 is 8.83 Å².